The summed E-state index contributed by atoms with van der Waals surface area (Å²) in [5.41, 5.74) is 3.53. The van der Waals surface area contributed by atoms with Gasteiger partial charge in [0, 0.05) is 32.3 Å². The molecule has 0 spiro atoms. The highest BCUT2D eigenvalue weighted by Gasteiger charge is 2.28. The predicted octanol–water partition coefficient (Wildman–Crippen LogP) is 4.03. The van der Waals surface area contributed by atoms with E-state index in [2.05, 4.69) is 64.0 Å². The molecule has 1 unspecified atom stereocenters. The van der Waals surface area contributed by atoms with Gasteiger partial charge in [0.25, 0.3) is 5.56 Å². The second kappa shape index (κ2) is 9.71. The summed E-state index contributed by atoms with van der Waals surface area (Å²) in [7, 11) is 3.12. The van der Waals surface area contributed by atoms with E-state index >= 15 is 0 Å². The molecular formula is C25H32BrN5O2. The monoisotopic (exact) mass is 513 g/mol. The summed E-state index contributed by atoms with van der Waals surface area (Å²) in [5.74, 6) is 0.944. The summed E-state index contributed by atoms with van der Waals surface area (Å²) >= 11 is 3.48. The zero-order valence-corrected chi connectivity index (χ0v) is 21.2. The first-order chi connectivity index (χ1) is 15.8. The molecule has 1 N–H and O–H groups in total. The van der Waals surface area contributed by atoms with Gasteiger partial charge < -0.3 is 9.88 Å². The molecule has 1 aliphatic rings. The molecule has 0 amide bonds. The number of hydrogen-bond acceptors (Lipinski definition) is 4. The summed E-state index contributed by atoms with van der Waals surface area (Å²) in [6.07, 6.45) is 6.15. The number of aryl methyl sites for hydroxylation is 1. The van der Waals surface area contributed by atoms with Gasteiger partial charge in [-0.25, -0.2) is 9.78 Å². The van der Waals surface area contributed by atoms with Crippen LogP contribution in [-0.2, 0) is 20.6 Å². The molecule has 176 valence electrons. The molecule has 8 heteroatoms. The van der Waals surface area contributed by atoms with Crippen LogP contribution in [-0.4, -0.2) is 25.2 Å². The Labute approximate surface area is 202 Å². The zero-order chi connectivity index (χ0) is 23.7. The van der Waals surface area contributed by atoms with Crippen LogP contribution in [0.1, 0.15) is 56.1 Å². The van der Waals surface area contributed by atoms with E-state index in [0.717, 1.165) is 28.8 Å². The minimum Gasteiger partial charge on any atom is -0.388 e. The number of nitrogens with zero attached hydrogens (tertiary/aromatic N) is 4. The molecule has 0 saturated heterocycles. The van der Waals surface area contributed by atoms with E-state index in [1.807, 2.05) is 4.57 Å². The lowest BCUT2D eigenvalue weighted by atomic mass is 9.82. The largest absolute Gasteiger partial charge is 0.388 e. The van der Waals surface area contributed by atoms with Crippen molar-refractivity contribution in [3.05, 3.63) is 73.2 Å². The zero-order valence-electron chi connectivity index (χ0n) is 19.6. The second-order valence-electron chi connectivity index (χ2n) is 9.06. The highest BCUT2D eigenvalue weighted by atomic mass is 79.9. The van der Waals surface area contributed by atoms with Crippen molar-refractivity contribution in [2.24, 2.45) is 20.0 Å². The molecule has 1 aliphatic carbocycles. The van der Waals surface area contributed by atoms with Gasteiger partial charge in [0.05, 0.1) is 6.54 Å². The van der Waals surface area contributed by atoms with Crippen LogP contribution in [0.2, 0.25) is 0 Å². The number of hydrogen-bond donors (Lipinski definition) is 1. The number of imidazole rings is 1. The molecule has 0 bridgehead atoms. The molecular weight excluding hydrogens is 482 g/mol. The van der Waals surface area contributed by atoms with Gasteiger partial charge in [-0.05, 0) is 52.2 Å². The van der Waals surface area contributed by atoms with Gasteiger partial charge in [0.15, 0.2) is 15.9 Å². The van der Waals surface area contributed by atoms with Crippen molar-refractivity contribution >= 4 is 27.1 Å². The lowest BCUT2D eigenvalue weighted by Crippen LogP contribution is -2.37. The van der Waals surface area contributed by atoms with Crippen molar-refractivity contribution in [2.45, 2.75) is 51.5 Å². The van der Waals surface area contributed by atoms with Crippen LogP contribution >= 0.6 is 15.9 Å². The Morgan fingerprint density at radius 1 is 1.18 bits per heavy atom. The summed E-state index contributed by atoms with van der Waals surface area (Å²) in [4.78, 5) is 29.5. The van der Waals surface area contributed by atoms with Gasteiger partial charge in [0.2, 0.25) is 0 Å². The Hall–Kier alpha value is -2.61. The van der Waals surface area contributed by atoms with Crippen LogP contribution in [0.25, 0.3) is 11.2 Å². The fraction of sp³-hybridized carbons (Fsp3) is 0.480. The molecule has 33 heavy (non-hydrogen) atoms. The van der Waals surface area contributed by atoms with Gasteiger partial charge >= 0.3 is 5.69 Å². The number of allylic oxidation sites excluding steroid dienone is 1. The van der Waals surface area contributed by atoms with E-state index in [1.165, 1.54) is 42.9 Å². The maximum atomic E-state index is 12.8. The molecule has 2 heterocycles. The van der Waals surface area contributed by atoms with Crippen LogP contribution in [0.15, 0.2) is 50.9 Å². The first-order valence-corrected chi connectivity index (χ1v) is 12.5. The summed E-state index contributed by atoms with van der Waals surface area (Å²) < 4.78 is 4.88. The number of rotatable bonds is 8. The van der Waals surface area contributed by atoms with Gasteiger partial charge in [-0.15, -0.1) is 0 Å². The molecule has 7 nitrogen and oxygen atoms in total. The average molecular weight is 514 g/mol. The first-order valence-electron chi connectivity index (χ1n) is 11.7. The Kier molecular flexibility index (Phi) is 6.93. The van der Waals surface area contributed by atoms with Crippen molar-refractivity contribution in [3.8, 4) is 0 Å². The highest BCUT2D eigenvalue weighted by Crippen LogP contribution is 2.40. The molecule has 0 aliphatic heterocycles. The van der Waals surface area contributed by atoms with Crippen LogP contribution in [0.4, 0.5) is 0 Å². The number of fused-ring (bicyclic) bond motifs is 1. The third-order valence-electron chi connectivity index (χ3n) is 6.83. The van der Waals surface area contributed by atoms with Crippen molar-refractivity contribution in [1.29, 1.82) is 0 Å². The van der Waals surface area contributed by atoms with E-state index in [-0.39, 0.29) is 11.2 Å². The molecule has 1 atom stereocenters. The maximum absolute atomic E-state index is 12.8. The van der Waals surface area contributed by atoms with Crippen LogP contribution in [0.3, 0.4) is 0 Å². The normalized spacial score (nSPS) is 15.3. The van der Waals surface area contributed by atoms with Crippen LogP contribution in [0, 0.1) is 5.92 Å². The third-order valence-corrected chi connectivity index (χ3v) is 7.44. The van der Waals surface area contributed by atoms with E-state index in [0.29, 0.717) is 34.3 Å². The Morgan fingerprint density at radius 3 is 2.48 bits per heavy atom. The van der Waals surface area contributed by atoms with E-state index in [9.17, 15) is 9.59 Å². The molecule has 1 fully saturated rings. The molecule has 4 rings (SSSR count). The lowest BCUT2D eigenvalue weighted by molar-refractivity contribution is 0.458. The molecule has 1 saturated carbocycles. The fourth-order valence-electron chi connectivity index (χ4n) is 5.02. The van der Waals surface area contributed by atoms with E-state index in [4.69, 9.17) is 0 Å². The standard InChI is InChI=1S/C25H32BrN5O2/c1-5-14-27-16(2)20(18-8-6-7-9-18)19-12-10-17(11-13-19)15-31-21-22(28-24(31)26)29(3)25(33)30(4)23(21)32/h10-13,18,20,27H,2,5-9,14-15H2,1,3-4H3. The van der Waals surface area contributed by atoms with E-state index < -0.39 is 0 Å². The van der Waals surface area contributed by atoms with Gasteiger partial charge in [0.1, 0.15) is 0 Å². The number of benzene rings is 1. The Bertz CT molecular complexity index is 1280. The first kappa shape index (κ1) is 23.5. The Morgan fingerprint density at radius 2 is 1.85 bits per heavy atom. The van der Waals surface area contributed by atoms with Crippen molar-refractivity contribution in [2.75, 3.05) is 6.54 Å². The molecule has 2 aromatic heterocycles. The van der Waals surface area contributed by atoms with Crippen molar-refractivity contribution in [1.82, 2.24) is 24.0 Å². The molecule has 3 aromatic rings. The fourth-order valence-corrected chi connectivity index (χ4v) is 5.49. The smallest absolute Gasteiger partial charge is 0.332 e. The van der Waals surface area contributed by atoms with Crippen molar-refractivity contribution in [3.63, 3.8) is 0 Å². The van der Waals surface area contributed by atoms with Crippen LogP contribution in [0.5, 0.6) is 0 Å². The minimum atomic E-state index is -0.385. The van der Waals surface area contributed by atoms with Gasteiger partial charge in [-0.3, -0.25) is 13.9 Å². The highest BCUT2D eigenvalue weighted by molar-refractivity contribution is 9.10. The SMILES string of the molecule is C=C(NCCC)C(c1ccc(Cn2c(Br)nc3c2c(=O)n(C)c(=O)n3C)cc1)C1CCCC1. The summed E-state index contributed by atoms with van der Waals surface area (Å²) in [6, 6.07) is 8.63. The third kappa shape index (κ3) is 4.45. The summed E-state index contributed by atoms with van der Waals surface area (Å²) in [6.45, 7) is 7.97. The minimum absolute atomic E-state index is 0.315. The summed E-state index contributed by atoms with van der Waals surface area (Å²) in [5, 5.41) is 3.53. The molecule has 0 radical (unpaired) electrons. The van der Waals surface area contributed by atoms with E-state index in [1.54, 1.807) is 7.05 Å². The average Bonchev–Trinajstić information content (AvgIpc) is 3.45. The maximum Gasteiger partial charge on any atom is 0.332 e. The lowest BCUT2D eigenvalue weighted by Gasteiger charge is -2.27. The van der Waals surface area contributed by atoms with Crippen molar-refractivity contribution < 1.29 is 0 Å². The number of halogens is 1. The predicted molar refractivity (Wildman–Crippen MR) is 136 cm³/mol. The topological polar surface area (TPSA) is 73.8 Å². The van der Waals surface area contributed by atoms with Crippen LogP contribution < -0.4 is 16.6 Å². The van der Waals surface area contributed by atoms with Gasteiger partial charge in [-0.2, -0.15) is 0 Å². The quantitative estimate of drug-likeness (QED) is 0.461. The molecule has 1 aromatic carbocycles. The van der Waals surface area contributed by atoms with Gasteiger partial charge in [-0.1, -0.05) is 50.6 Å². The Balaban J connectivity index is 1.66. The number of nitrogens with one attached hydrogen (secondary N) is 1. The second-order valence-corrected chi connectivity index (χ2v) is 9.77. The number of aromatic nitrogens is 4.